The molecule has 72 heavy (non-hydrogen) atoms. The van der Waals surface area contributed by atoms with Crippen molar-refractivity contribution >= 4 is 13.7 Å². The molecule has 0 aromatic rings. The van der Waals surface area contributed by atoms with Gasteiger partial charge in [0.2, 0.25) is 5.91 Å². The van der Waals surface area contributed by atoms with E-state index >= 15 is 0 Å². The van der Waals surface area contributed by atoms with Gasteiger partial charge in [-0.3, -0.25) is 13.8 Å². The molecule has 8 nitrogen and oxygen atoms in total. The van der Waals surface area contributed by atoms with Gasteiger partial charge in [0.25, 0.3) is 0 Å². The third kappa shape index (κ3) is 56.4. The zero-order valence-electron chi connectivity index (χ0n) is 48.7. The van der Waals surface area contributed by atoms with Crippen molar-refractivity contribution in [2.24, 2.45) is 0 Å². The second-order valence-electron chi connectivity index (χ2n) is 22.8. The van der Waals surface area contributed by atoms with Gasteiger partial charge in [-0.1, -0.05) is 294 Å². The number of hydrogen-bond acceptors (Lipinski definition) is 5. The number of likely N-dealkylation sites (N-methyl/N-ethyl adjacent to an activating group) is 1. The predicted octanol–water partition coefficient (Wildman–Crippen LogP) is 19.3. The number of rotatable bonds is 58. The fraction of sp³-hybridized carbons (Fsp3) is 0.889. The Labute approximate surface area is 448 Å². The Morgan fingerprint density at radius 3 is 1.11 bits per heavy atom. The van der Waals surface area contributed by atoms with E-state index in [1.54, 1.807) is 6.08 Å². The summed E-state index contributed by atoms with van der Waals surface area (Å²) in [5.41, 5.74) is 0. The maximum absolute atomic E-state index is 13.0. The number of allylic oxidation sites excluding steroid dienone is 5. The number of phosphoric acid groups is 1. The number of aliphatic hydroxyl groups is 1. The van der Waals surface area contributed by atoms with E-state index in [0.717, 1.165) is 44.9 Å². The van der Waals surface area contributed by atoms with Crippen molar-refractivity contribution in [1.82, 2.24) is 5.32 Å². The number of unbranched alkanes of at least 4 members (excludes halogenated alkanes) is 41. The quantitative estimate of drug-likeness (QED) is 0.0243. The number of nitrogens with one attached hydrogen (secondary N) is 1. The number of carbonyl (C=O) groups is 1. The van der Waals surface area contributed by atoms with E-state index in [1.165, 1.54) is 244 Å². The highest BCUT2D eigenvalue weighted by molar-refractivity contribution is 7.47. The van der Waals surface area contributed by atoms with Gasteiger partial charge in [0.05, 0.1) is 39.9 Å². The first-order chi connectivity index (χ1) is 35.0. The molecular formula is C63H124N2O6P+. The Morgan fingerprint density at radius 2 is 0.764 bits per heavy atom. The van der Waals surface area contributed by atoms with Gasteiger partial charge in [-0.25, -0.2) is 4.57 Å². The van der Waals surface area contributed by atoms with Crippen LogP contribution in [0.4, 0.5) is 0 Å². The molecule has 0 aliphatic rings. The summed E-state index contributed by atoms with van der Waals surface area (Å²) in [7, 11) is 1.56. The standard InChI is InChI=1S/C63H123N2O6P/c1-6-8-10-12-14-16-18-20-22-24-26-28-29-30-31-32-33-34-35-37-38-40-42-44-46-48-50-52-54-56-62(66)61(60-71-72(68,69)70-59-58-65(3,4)5)64-63(67)57-55-53-51-49-47-45-43-41-39-36-27-25-23-21-19-17-15-13-11-9-7-2/h38,40,46,48,54,56,61-62,66H,6-37,39,41-45,47,49-53,55,57-60H2,1-5H3,(H-,64,67,68,69)/p+1/b40-38+,48-46+,56-54+. The maximum Gasteiger partial charge on any atom is 0.472 e. The lowest BCUT2D eigenvalue weighted by Gasteiger charge is -2.25. The van der Waals surface area contributed by atoms with E-state index in [4.69, 9.17) is 9.05 Å². The minimum absolute atomic E-state index is 0.0552. The van der Waals surface area contributed by atoms with Crippen LogP contribution in [0.1, 0.15) is 309 Å². The van der Waals surface area contributed by atoms with E-state index in [-0.39, 0.29) is 19.1 Å². The Balaban J connectivity index is 4.19. The molecule has 0 bridgehead atoms. The molecule has 0 spiro atoms. The highest BCUT2D eigenvalue weighted by atomic mass is 31.2. The van der Waals surface area contributed by atoms with Gasteiger partial charge in [-0.05, 0) is 44.9 Å². The van der Waals surface area contributed by atoms with Gasteiger partial charge in [-0.2, -0.15) is 0 Å². The van der Waals surface area contributed by atoms with Crippen LogP contribution in [0.3, 0.4) is 0 Å². The van der Waals surface area contributed by atoms with Gasteiger partial charge < -0.3 is 19.8 Å². The number of carbonyl (C=O) groups excluding carboxylic acids is 1. The van der Waals surface area contributed by atoms with E-state index in [2.05, 4.69) is 43.5 Å². The van der Waals surface area contributed by atoms with Crippen LogP contribution in [0.15, 0.2) is 36.5 Å². The summed E-state index contributed by atoms with van der Waals surface area (Å²) < 4.78 is 23.7. The maximum atomic E-state index is 13.0. The number of hydrogen-bond donors (Lipinski definition) is 3. The van der Waals surface area contributed by atoms with Crippen LogP contribution in [0, 0.1) is 0 Å². The molecule has 0 aliphatic carbocycles. The molecule has 3 unspecified atom stereocenters. The van der Waals surface area contributed by atoms with Crippen molar-refractivity contribution in [3.05, 3.63) is 36.5 Å². The molecule has 0 rings (SSSR count). The van der Waals surface area contributed by atoms with Crippen molar-refractivity contribution in [3.8, 4) is 0 Å². The number of phosphoric ester groups is 1. The first kappa shape index (κ1) is 70.7. The topological polar surface area (TPSA) is 105 Å². The minimum Gasteiger partial charge on any atom is -0.387 e. The van der Waals surface area contributed by atoms with E-state index in [0.29, 0.717) is 17.4 Å². The Bertz CT molecular complexity index is 1270. The summed E-state index contributed by atoms with van der Waals surface area (Å²) in [6.45, 7) is 4.84. The summed E-state index contributed by atoms with van der Waals surface area (Å²) in [6.07, 6.45) is 71.3. The van der Waals surface area contributed by atoms with E-state index in [9.17, 15) is 19.4 Å². The van der Waals surface area contributed by atoms with E-state index in [1.807, 2.05) is 27.2 Å². The van der Waals surface area contributed by atoms with Crippen LogP contribution < -0.4 is 5.32 Å². The molecule has 9 heteroatoms. The van der Waals surface area contributed by atoms with Crippen LogP contribution >= 0.6 is 7.82 Å². The monoisotopic (exact) mass is 1040 g/mol. The molecule has 1 amide bonds. The van der Waals surface area contributed by atoms with Crippen molar-refractivity contribution < 1.29 is 32.9 Å². The summed E-state index contributed by atoms with van der Waals surface area (Å²) in [5, 5.41) is 13.9. The average molecular weight is 1040 g/mol. The summed E-state index contributed by atoms with van der Waals surface area (Å²) in [4.78, 5) is 23.3. The lowest BCUT2D eigenvalue weighted by atomic mass is 10.0. The molecule has 0 radical (unpaired) electrons. The van der Waals surface area contributed by atoms with Gasteiger partial charge in [-0.15, -0.1) is 0 Å². The van der Waals surface area contributed by atoms with Crippen LogP contribution in [0.5, 0.6) is 0 Å². The van der Waals surface area contributed by atoms with Crippen LogP contribution in [-0.2, 0) is 18.4 Å². The first-order valence-corrected chi connectivity index (χ1v) is 32.9. The number of aliphatic hydroxyl groups excluding tert-OH is 1. The smallest absolute Gasteiger partial charge is 0.387 e. The Kier molecular flexibility index (Phi) is 53.5. The minimum atomic E-state index is -4.36. The number of quaternary nitrogens is 1. The molecule has 0 saturated heterocycles. The van der Waals surface area contributed by atoms with Crippen molar-refractivity contribution in [1.29, 1.82) is 0 Å². The fourth-order valence-corrected chi connectivity index (χ4v) is 10.2. The summed E-state index contributed by atoms with van der Waals surface area (Å²) in [5.74, 6) is -0.185. The van der Waals surface area contributed by atoms with Crippen LogP contribution in [0.2, 0.25) is 0 Å². The van der Waals surface area contributed by atoms with Gasteiger partial charge in [0.1, 0.15) is 13.2 Å². The largest absolute Gasteiger partial charge is 0.472 e. The molecule has 0 fully saturated rings. The molecular weight excluding hydrogens is 912 g/mol. The van der Waals surface area contributed by atoms with Crippen molar-refractivity contribution in [2.75, 3.05) is 40.9 Å². The lowest BCUT2D eigenvalue weighted by Crippen LogP contribution is -2.45. The Hall–Kier alpha value is -1.28. The second kappa shape index (κ2) is 54.5. The van der Waals surface area contributed by atoms with Crippen molar-refractivity contribution in [2.45, 2.75) is 321 Å². The summed E-state index contributed by atoms with van der Waals surface area (Å²) in [6, 6.07) is -0.868. The van der Waals surface area contributed by atoms with Crippen LogP contribution in [0.25, 0.3) is 0 Å². The molecule has 0 aliphatic heterocycles. The Morgan fingerprint density at radius 1 is 0.458 bits per heavy atom. The number of nitrogens with zero attached hydrogens (tertiary/aromatic N) is 1. The molecule has 0 heterocycles. The fourth-order valence-electron chi connectivity index (χ4n) is 9.43. The van der Waals surface area contributed by atoms with Crippen molar-refractivity contribution in [3.63, 3.8) is 0 Å². The van der Waals surface area contributed by atoms with Gasteiger partial charge >= 0.3 is 7.82 Å². The van der Waals surface area contributed by atoms with E-state index < -0.39 is 20.0 Å². The van der Waals surface area contributed by atoms with Crippen LogP contribution in [-0.4, -0.2) is 73.4 Å². The zero-order valence-corrected chi connectivity index (χ0v) is 49.6. The van der Waals surface area contributed by atoms with Gasteiger partial charge in [0.15, 0.2) is 0 Å². The van der Waals surface area contributed by atoms with Gasteiger partial charge in [0, 0.05) is 6.42 Å². The normalized spacial score (nSPS) is 14.0. The molecule has 426 valence electrons. The second-order valence-corrected chi connectivity index (χ2v) is 24.2. The SMILES string of the molecule is CCCCCCCCCCCCCCCCCCCCC/C=C/CC/C=C/CC/C=C/C(O)C(COP(=O)(O)OCC[N+](C)(C)C)NC(=O)CCCCCCCCCCCCCCCCCCCCCCC. The lowest BCUT2D eigenvalue weighted by molar-refractivity contribution is -0.870. The molecule has 0 aromatic heterocycles. The third-order valence-corrected chi connectivity index (χ3v) is 15.3. The highest BCUT2D eigenvalue weighted by Crippen LogP contribution is 2.43. The molecule has 3 N–H and O–H groups in total. The highest BCUT2D eigenvalue weighted by Gasteiger charge is 2.27. The first-order valence-electron chi connectivity index (χ1n) is 31.4. The average Bonchev–Trinajstić information content (AvgIpc) is 3.34. The molecule has 0 saturated carbocycles. The third-order valence-electron chi connectivity index (χ3n) is 14.3. The molecule has 0 aromatic carbocycles. The summed E-state index contributed by atoms with van der Waals surface area (Å²) >= 11 is 0. The zero-order chi connectivity index (χ0) is 52.7. The molecule has 3 atom stereocenters. The predicted molar refractivity (Wildman–Crippen MR) is 314 cm³/mol. The number of amides is 1.